The van der Waals surface area contributed by atoms with Crippen molar-refractivity contribution in [2.45, 2.75) is 86.8 Å². The summed E-state index contributed by atoms with van der Waals surface area (Å²) in [6.45, 7) is 1.90. The SMILES string of the molecule is C[C@@H]1C[C@@]2(CO2)[C@]2(O)OC3C(OC2O1)[C@@H](O)[C@H](N(C)C(=O)OCc1ccccc1)[C@H](O)[C@@H]3NC(=O)OCc1ccccc1. The van der Waals surface area contributed by atoms with Crippen LogP contribution in [0.4, 0.5) is 9.59 Å². The Labute approximate surface area is 248 Å². The monoisotopic (exact) mass is 600 g/mol. The molecule has 2 aromatic carbocycles. The normalized spacial score (nSPS) is 37.9. The van der Waals surface area contributed by atoms with Gasteiger partial charge >= 0.3 is 12.2 Å². The lowest BCUT2D eigenvalue weighted by atomic mass is 9.78. The van der Waals surface area contributed by atoms with E-state index in [2.05, 4.69) is 5.32 Å². The van der Waals surface area contributed by atoms with Gasteiger partial charge in [0.2, 0.25) is 6.29 Å². The number of hydrogen-bond donors (Lipinski definition) is 4. The lowest BCUT2D eigenvalue weighted by Gasteiger charge is -2.58. The molecule has 4 aliphatic rings. The number of epoxide rings is 1. The Morgan fingerprint density at radius 1 is 0.953 bits per heavy atom. The van der Waals surface area contributed by atoms with Crippen molar-refractivity contribution in [1.82, 2.24) is 10.2 Å². The number of fused-ring (bicyclic) bond motifs is 3. The number of nitrogens with one attached hydrogen (secondary N) is 1. The average molecular weight is 601 g/mol. The highest BCUT2D eigenvalue weighted by molar-refractivity contribution is 5.69. The predicted octanol–water partition coefficient (Wildman–Crippen LogP) is 1.03. The van der Waals surface area contributed by atoms with E-state index in [4.69, 9.17) is 28.4 Å². The third-order valence-corrected chi connectivity index (χ3v) is 8.55. The molecule has 1 aliphatic carbocycles. The number of amides is 2. The van der Waals surface area contributed by atoms with Crippen molar-refractivity contribution in [3.8, 4) is 0 Å². The summed E-state index contributed by atoms with van der Waals surface area (Å²) in [7, 11) is 1.36. The van der Waals surface area contributed by atoms with E-state index in [1.807, 2.05) is 12.1 Å². The molecule has 4 N–H and O–H groups in total. The molecule has 0 radical (unpaired) electrons. The van der Waals surface area contributed by atoms with E-state index in [1.165, 1.54) is 7.05 Å². The second kappa shape index (κ2) is 11.7. The second-order valence-corrected chi connectivity index (χ2v) is 11.5. The zero-order valence-corrected chi connectivity index (χ0v) is 23.8. The molecule has 2 amide bonds. The molecule has 4 fully saturated rings. The first-order valence-corrected chi connectivity index (χ1v) is 14.2. The Morgan fingerprint density at radius 3 is 2.16 bits per heavy atom. The number of rotatable bonds is 6. The molecule has 3 aliphatic heterocycles. The highest BCUT2D eigenvalue weighted by atomic mass is 16.8. The van der Waals surface area contributed by atoms with Crippen LogP contribution in [0.25, 0.3) is 0 Å². The van der Waals surface area contributed by atoms with E-state index in [9.17, 15) is 24.9 Å². The highest BCUT2D eigenvalue weighted by Crippen LogP contribution is 2.53. The van der Waals surface area contributed by atoms with Crippen LogP contribution >= 0.6 is 0 Å². The molecular formula is C30H36N2O11. The number of benzene rings is 2. The zero-order valence-electron chi connectivity index (χ0n) is 23.8. The third kappa shape index (κ3) is 5.57. The molecule has 13 nitrogen and oxygen atoms in total. The number of carbonyl (C=O) groups is 2. The van der Waals surface area contributed by atoms with Crippen LogP contribution < -0.4 is 5.32 Å². The Balaban J connectivity index is 1.24. The van der Waals surface area contributed by atoms with Gasteiger partial charge in [-0.05, 0) is 18.1 Å². The van der Waals surface area contributed by atoms with Gasteiger partial charge in [-0.15, -0.1) is 0 Å². The van der Waals surface area contributed by atoms with Crippen molar-refractivity contribution >= 4 is 12.2 Å². The van der Waals surface area contributed by atoms with Crippen LogP contribution in [0.15, 0.2) is 60.7 Å². The van der Waals surface area contributed by atoms with Crippen molar-refractivity contribution in [3.63, 3.8) is 0 Å². The molecule has 0 aromatic heterocycles. The van der Waals surface area contributed by atoms with E-state index in [-0.39, 0.29) is 25.9 Å². The summed E-state index contributed by atoms with van der Waals surface area (Å²) in [6.07, 6.45) is -8.74. The molecule has 43 heavy (non-hydrogen) atoms. The van der Waals surface area contributed by atoms with E-state index in [0.717, 1.165) is 16.0 Å². The molecule has 0 bridgehead atoms. The van der Waals surface area contributed by atoms with Crippen molar-refractivity contribution in [2.75, 3.05) is 13.7 Å². The summed E-state index contributed by atoms with van der Waals surface area (Å²) in [5.74, 6) is -2.08. The molecule has 10 atom stereocenters. The number of hydrogen-bond acceptors (Lipinski definition) is 11. The van der Waals surface area contributed by atoms with Gasteiger partial charge in [0.1, 0.15) is 37.6 Å². The number of aliphatic hydroxyl groups excluding tert-OH is 2. The van der Waals surface area contributed by atoms with Gasteiger partial charge in [-0.1, -0.05) is 60.7 Å². The molecule has 3 saturated heterocycles. The van der Waals surface area contributed by atoms with Crippen molar-refractivity contribution in [1.29, 1.82) is 0 Å². The summed E-state index contributed by atoms with van der Waals surface area (Å²) >= 11 is 0. The Kier molecular flexibility index (Phi) is 8.07. The van der Waals surface area contributed by atoms with Crippen LogP contribution in [-0.4, -0.2) is 106 Å². The van der Waals surface area contributed by atoms with Crippen molar-refractivity contribution < 1.29 is 53.3 Å². The molecule has 13 heteroatoms. The molecule has 3 unspecified atom stereocenters. The minimum absolute atomic E-state index is 0.0367. The van der Waals surface area contributed by atoms with E-state index < -0.39 is 66.4 Å². The molecule has 1 spiro atoms. The Bertz CT molecular complexity index is 1300. The van der Waals surface area contributed by atoms with Crippen LogP contribution in [0.2, 0.25) is 0 Å². The first-order chi connectivity index (χ1) is 20.6. The van der Waals surface area contributed by atoms with Gasteiger partial charge in [-0.2, -0.15) is 0 Å². The summed E-state index contributed by atoms with van der Waals surface area (Å²) in [5, 5.41) is 37.4. The number of nitrogens with zero attached hydrogens (tertiary/aromatic N) is 1. The molecule has 1 saturated carbocycles. The predicted molar refractivity (Wildman–Crippen MR) is 146 cm³/mol. The molecule has 3 heterocycles. The third-order valence-electron chi connectivity index (χ3n) is 8.55. The van der Waals surface area contributed by atoms with Crippen molar-refractivity contribution in [2.24, 2.45) is 0 Å². The minimum atomic E-state index is -2.08. The van der Waals surface area contributed by atoms with Crippen LogP contribution in [0.5, 0.6) is 0 Å². The van der Waals surface area contributed by atoms with Crippen LogP contribution in [0.3, 0.4) is 0 Å². The molecule has 2 aromatic rings. The Morgan fingerprint density at radius 2 is 1.56 bits per heavy atom. The fourth-order valence-corrected chi connectivity index (χ4v) is 6.20. The topological polar surface area (TPSA) is 169 Å². The van der Waals surface area contributed by atoms with Crippen molar-refractivity contribution in [3.05, 3.63) is 71.8 Å². The van der Waals surface area contributed by atoms with Gasteiger partial charge in [0.05, 0.1) is 24.8 Å². The summed E-state index contributed by atoms with van der Waals surface area (Å²) < 4.78 is 34.6. The summed E-state index contributed by atoms with van der Waals surface area (Å²) in [5.41, 5.74) is 0.381. The number of aliphatic hydroxyl groups is 3. The van der Waals surface area contributed by atoms with Gasteiger partial charge < -0.3 is 54.0 Å². The fourth-order valence-electron chi connectivity index (χ4n) is 6.20. The maximum Gasteiger partial charge on any atom is 0.410 e. The lowest BCUT2D eigenvalue weighted by Crippen LogP contribution is -2.79. The van der Waals surface area contributed by atoms with E-state index >= 15 is 0 Å². The first kappa shape index (κ1) is 29.8. The van der Waals surface area contributed by atoms with Gasteiger partial charge in [0, 0.05) is 13.5 Å². The lowest BCUT2D eigenvalue weighted by molar-refractivity contribution is -0.459. The van der Waals surface area contributed by atoms with E-state index in [0.29, 0.717) is 6.42 Å². The minimum Gasteiger partial charge on any atom is -0.445 e. The molecule has 6 rings (SSSR count). The smallest absolute Gasteiger partial charge is 0.410 e. The second-order valence-electron chi connectivity index (χ2n) is 11.5. The molecular weight excluding hydrogens is 564 g/mol. The highest BCUT2D eigenvalue weighted by Gasteiger charge is 2.74. The number of carbonyl (C=O) groups excluding carboxylic acids is 2. The number of alkyl carbamates (subject to hydrolysis) is 1. The first-order valence-electron chi connectivity index (χ1n) is 14.2. The number of likely N-dealkylation sites (N-methyl/N-ethyl adjacent to an activating group) is 1. The van der Waals surface area contributed by atoms with Gasteiger partial charge in [-0.25, -0.2) is 9.59 Å². The van der Waals surface area contributed by atoms with Crippen LogP contribution in [0.1, 0.15) is 24.5 Å². The molecule has 232 valence electrons. The van der Waals surface area contributed by atoms with Gasteiger partial charge in [-0.3, -0.25) is 0 Å². The fraction of sp³-hybridized carbons (Fsp3) is 0.533. The maximum absolute atomic E-state index is 13.1. The zero-order chi connectivity index (χ0) is 30.4. The average Bonchev–Trinajstić information content (AvgIpc) is 3.78. The standard InChI is InChI=1S/C30H36N2O11/c1-17-13-29(16-40-29)30(37)26(41-17)42-25-23(34)21(32(2)28(36)39-15-19-11-7-4-8-12-19)22(33)20(24(25)43-30)31-27(35)38-14-18-9-5-3-6-10-18/h3-12,17,20-26,33-34,37H,13-16H2,1-2H3,(H,31,35)/t17-,20+,21-,22-,23+,24?,25?,26?,29-,30-/m1/s1. The van der Waals surface area contributed by atoms with Gasteiger partial charge in [0.15, 0.2) is 5.60 Å². The Hall–Kier alpha value is -3.30. The quantitative estimate of drug-likeness (QED) is 0.350. The number of ether oxygens (including phenoxy) is 6. The maximum atomic E-state index is 13.1. The van der Waals surface area contributed by atoms with E-state index in [1.54, 1.807) is 55.5 Å². The summed E-state index contributed by atoms with van der Waals surface area (Å²) in [6, 6.07) is 15.4. The van der Waals surface area contributed by atoms with Crippen LogP contribution in [0, 0.1) is 0 Å². The summed E-state index contributed by atoms with van der Waals surface area (Å²) in [4.78, 5) is 27.1. The largest absolute Gasteiger partial charge is 0.445 e. The van der Waals surface area contributed by atoms with Gasteiger partial charge in [0.25, 0.3) is 5.79 Å². The van der Waals surface area contributed by atoms with Crippen LogP contribution in [-0.2, 0) is 41.6 Å².